The summed E-state index contributed by atoms with van der Waals surface area (Å²) in [6.45, 7) is 2.15. The van der Waals surface area contributed by atoms with Crippen molar-refractivity contribution < 1.29 is 0 Å². The number of thiophene rings is 1. The standard InChI is InChI=1S/C16H17N3S/c1-12(13-10-17-19(2)11-13)18-15-7-4-3-6-14(15)16-8-5-9-20-16/h3-12,18H,1-2H3. The van der Waals surface area contributed by atoms with Crippen LogP contribution in [-0.4, -0.2) is 9.78 Å². The molecule has 0 fully saturated rings. The van der Waals surface area contributed by atoms with Crippen LogP contribution in [0, 0.1) is 0 Å². The highest BCUT2D eigenvalue weighted by Crippen LogP contribution is 2.33. The van der Waals surface area contributed by atoms with E-state index in [0.717, 1.165) is 5.69 Å². The lowest BCUT2D eigenvalue weighted by Gasteiger charge is -2.16. The van der Waals surface area contributed by atoms with E-state index in [4.69, 9.17) is 0 Å². The molecule has 3 aromatic rings. The fourth-order valence-corrected chi connectivity index (χ4v) is 3.00. The van der Waals surface area contributed by atoms with Gasteiger partial charge in [-0.3, -0.25) is 4.68 Å². The van der Waals surface area contributed by atoms with Crippen molar-refractivity contribution in [3.05, 3.63) is 59.7 Å². The Hall–Kier alpha value is -2.07. The third-order valence-electron chi connectivity index (χ3n) is 3.31. The van der Waals surface area contributed by atoms with E-state index in [-0.39, 0.29) is 6.04 Å². The first-order valence-electron chi connectivity index (χ1n) is 6.62. The minimum atomic E-state index is 0.227. The van der Waals surface area contributed by atoms with E-state index >= 15 is 0 Å². The zero-order valence-electron chi connectivity index (χ0n) is 11.6. The second-order valence-corrected chi connectivity index (χ2v) is 5.78. The van der Waals surface area contributed by atoms with Gasteiger partial charge in [0.1, 0.15) is 0 Å². The van der Waals surface area contributed by atoms with Gasteiger partial charge in [0.2, 0.25) is 0 Å². The van der Waals surface area contributed by atoms with Crippen LogP contribution in [0.25, 0.3) is 10.4 Å². The summed E-state index contributed by atoms with van der Waals surface area (Å²) in [5.41, 5.74) is 3.60. The van der Waals surface area contributed by atoms with Crippen LogP contribution in [0.15, 0.2) is 54.2 Å². The lowest BCUT2D eigenvalue weighted by molar-refractivity contribution is 0.765. The molecule has 0 spiro atoms. The van der Waals surface area contributed by atoms with Crippen molar-refractivity contribution in [2.45, 2.75) is 13.0 Å². The number of nitrogens with one attached hydrogen (secondary N) is 1. The molecule has 0 aliphatic carbocycles. The maximum Gasteiger partial charge on any atom is 0.0542 e. The molecule has 1 unspecified atom stereocenters. The molecule has 1 N–H and O–H groups in total. The molecule has 1 atom stereocenters. The average Bonchev–Trinajstić information content (AvgIpc) is 3.10. The molecule has 4 heteroatoms. The number of hydrogen-bond donors (Lipinski definition) is 1. The van der Waals surface area contributed by atoms with Gasteiger partial charge in [0.25, 0.3) is 0 Å². The summed E-state index contributed by atoms with van der Waals surface area (Å²) in [6, 6.07) is 12.9. The van der Waals surface area contributed by atoms with Gasteiger partial charge in [-0.2, -0.15) is 5.10 Å². The number of anilines is 1. The number of aromatic nitrogens is 2. The largest absolute Gasteiger partial charge is 0.378 e. The fraction of sp³-hybridized carbons (Fsp3) is 0.188. The summed E-state index contributed by atoms with van der Waals surface area (Å²) in [6.07, 6.45) is 3.96. The number of aryl methyl sites for hydroxylation is 1. The number of benzene rings is 1. The quantitative estimate of drug-likeness (QED) is 0.772. The molecule has 3 nitrogen and oxygen atoms in total. The van der Waals surface area contributed by atoms with Crippen molar-refractivity contribution in [1.29, 1.82) is 0 Å². The van der Waals surface area contributed by atoms with Crippen molar-refractivity contribution in [1.82, 2.24) is 9.78 Å². The maximum absolute atomic E-state index is 4.23. The lowest BCUT2D eigenvalue weighted by Crippen LogP contribution is -2.06. The van der Waals surface area contributed by atoms with Gasteiger partial charge in [-0.05, 0) is 24.4 Å². The first-order chi connectivity index (χ1) is 9.74. The third kappa shape index (κ3) is 2.60. The predicted octanol–water partition coefficient (Wildman–Crippen LogP) is 4.32. The first kappa shape index (κ1) is 12.9. The van der Waals surface area contributed by atoms with Gasteiger partial charge in [0, 0.05) is 34.9 Å². The van der Waals surface area contributed by atoms with E-state index in [1.165, 1.54) is 16.0 Å². The highest BCUT2D eigenvalue weighted by atomic mass is 32.1. The second-order valence-electron chi connectivity index (χ2n) is 4.84. The van der Waals surface area contributed by atoms with Crippen LogP contribution < -0.4 is 5.32 Å². The van der Waals surface area contributed by atoms with Gasteiger partial charge in [0.15, 0.2) is 0 Å². The van der Waals surface area contributed by atoms with Gasteiger partial charge in [-0.25, -0.2) is 0 Å². The maximum atomic E-state index is 4.23. The molecule has 2 aromatic heterocycles. The molecule has 0 aliphatic rings. The average molecular weight is 283 g/mol. The molecule has 0 saturated carbocycles. The van der Waals surface area contributed by atoms with Crippen LogP contribution in [0.5, 0.6) is 0 Å². The van der Waals surface area contributed by atoms with Crippen molar-refractivity contribution in [2.75, 3.05) is 5.32 Å². The molecule has 102 valence electrons. The predicted molar refractivity (Wildman–Crippen MR) is 85.0 cm³/mol. The number of hydrogen-bond acceptors (Lipinski definition) is 3. The van der Waals surface area contributed by atoms with Gasteiger partial charge in [-0.15, -0.1) is 11.3 Å². The molecule has 0 saturated heterocycles. The molecule has 0 aliphatic heterocycles. The normalized spacial score (nSPS) is 12.3. The Morgan fingerprint density at radius 1 is 1.20 bits per heavy atom. The highest BCUT2D eigenvalue weighted by Gasteiger charge is 2.11. The molecule has 0 amide bonds. The van der Waals surface area contributed by atoms with Crippen LogP contribution >= 0.6 is 11.3 Å². The molecule has 0 radical (unpaired) electrons. The Labute approximate surface area is 122 Å². The Kier molecular flexibility index (Phi) is 3.56. The number of nitrogens with zero attached hydrogens (tertiary/aromatic N) is 2. The third-order valence-corrected chi connectivity index (χ3v) is 4.21. The van der Waals surface area contributed by atoms with Gasteiger partial charge < -0.3 is 5.32 Å². The van der Waals surface area contributed by atoms with E-state index in [2.05, 4.69) is 59.1 Å². The van der Waals surface area contributed by atoms with Crippen molar-refractivity contribution in [3.8, 4) is 10.4 Å². The summed E-state index contributed by atoms with van der Waals surface area (Å²) < 4.78 is 1.83. The number of rotatable bonds is 4. The summed E-state index contributed by atoms with van der Waals surface area (Å²) in [5, 5.41) is 9.92. The highest BCUT2D eigenvalue weighted by molar-refractivity contribution is 7.13. The SMILES string of the molecule is CC(Nc1ccccc1-c1cccs1)c1cnn(C)c1. The Balaban J connectivity index is 1.88. The molecular formula is C16H17N3S. The monoisotopic (exact) mass is 283 g/mol. The van der Waals surface area contributed by atoms with Crippen LogP contribution in [0.3, 0.4) is 0 Å². The molecule has 2 heterocycles. The van der Waals surface area contributed by atoms with E-state index in [0.29, 0.717) is 0 Å². The smallest absolute Gasteiger partial charge is 0.0542 e. The zero-order valence-corrected chi connectivity index (χ0v) is 12.4. The summed E-state index contributed by atoms with van der Waals surface area (Å²) >= 11 is 1.76. The minimum Gasteiger partial charge on any atom is -0.378 e. The Morgan fingerprint density at radius 3 is 2.75 bits per heavy atom. The van der Waals surface area contributed by atoms with Crippen LogP contribution in [-0.2, 0) is 7.05 Å². The van der Waals surface area contributed by atoms with Crippen molar-refractivity contribution in [2.24, 2.45) is 7.05 Å². The van der Waals surface area contributed by atoms with Crippen molar-refractivity contribution in [3.63, 3.8) is 0 Å². The summed E-state index contributed by atoms with van der Waals surface area (Å²) in [7, 11) is 1.94. The van der Waals surface area contributed by atoms with Crippen LogP contribution in [0.2, 0.25) is 0 Å². The van der Waals surface area contributed by atoms with E-state index in [1.807, 2.05) is 24.1 Å². The van der Waals surface area contributed by atoms with Crippen molar-refractivity contribution >= 4 is 17.0 Å². The summed E-state index contributed by atoms with van der Waals surface area (Å²) in [5.74, 6) is 0. The Morgan fingerprint density at radius 2 is 2.05 bits per heavy atom. The zero-order chi connectivity index (χ0) is 13.9. The topological polar surface area (TPSA) is 29.9 Å². The van der Waals surface area contributed by atoms with Gasteiger partial charge in [0.05, 0.1) is 12.2 Å². The van der Waals surface area contributed by atoms with Gasteiger partial charge in [-0.1, -0.05) is 24.3 Å². The van der Waals surface area contributed by atoms with E-state index in [1.54, 1.807) is 11.3 Å². The molecule has 20 heavy (non-hydrogen) atoms. The van der Waals surface area contributed by atoms with E-state index in [9.17, 15) is 0 Å². The molecule has 3 rings (SSSR count). The van der Waals surface area contributed by atoms with Gasteiger partial charge >= 0.3 is 0 Å². The fourth-order valence-electron chi connectivity index (χ4n) is 2.24. The molecular weight excluding hydrogens is 266 g/mol. The van der Waals surface area contributed by atoms with E-state index < -0.39 is 0 Å². The minimum absolute atomic E-state index is 0.227. The Bertz CT molecular complexity index is 685. The van der Waals surface area contributed by atoms with Crippen LogP contribution in [0.4, 0.5) is 5.69 Å². The molecule has 1 aromatic carbocycles. The second kappa shape index (κ2) is 5.51. The lowest BCUT2D eigenvalue weighted by atomic mass is 10.1. The molecule has 0 bridgehead atoms. The number of para-hydroxylation sites is 1. The first-order valence-corrected chi connectivity index (χ1v) is 7.50. The van der Waals surface area contributed by atoms with Crippen LogP contribution in [0.1, 0.15) is 18.5 Å². The summed E-state index contributed by atoms with van der Waals surface area (Å²) in [4.78, 5) is 1.28.